The number of carboxylic acid groups (broad SMARTS) is 1. The van der Waals surface area contributed by atoms with Gasteiger partial charge in [-0.3, -0.25) is 4.79 Å². The van der Waals surface area contributed by atoms with Gasteiger partial charge in [-0.1, -0.05) is 6.07 Å². The van der Waals surface area contributed by atoms with Gasteiger partial charge in [0.05, 0.1) is 19.3 Å². The second-order valence-corrected chi connectivity index (χ2v) is 7.03. The third-order valence-corrected chi connectivity index (χ3v) is 5.10. The minimum Gasteiger partial charge on any atom is -0.481 e. The normalized spacial score (nSPS) is 26.0. The van der Waals surface area contributed by atoms with Crippen LogP contribution in [0.15, 0.2) is 23.1 Å². The number of aryl methyl sites for hydroxylation is 1. The Balaban J connectivity index is 2.34. The summed E-state index contributed by atoms with van der Waals surface area (Å²) in [5.41, 5.74) is -0.798. The van der Waals surface area contributed by atoms with Crippen molar-refractivity contribution in [1.29, 1.82) is 0 Å². The van der Waals surface area contributed by atoms with Gasteiger partial charge in [-0.05, 0) is 31.5 Å². The largest absolute Gasteiger partial charge is 0.481 e. The molecular weight excluding hydrogens is 301 g/mol. The van der Waals surface area contributed by atoms with Crippen LogP contribution >= 0.6 is 0 Å². The van der Waals surface area contributed by atoms with Crippen LogP contribution in [-0.2, 0) is 19.6 Å². The number of halogens is 1. The van der Waals surface area contributed by atoms with Crippen LogP contribution in [0.5, 0.6) is 0 Å². The lowest BCUT2D eigenvalue weighted by atomic mass is 9.86. The Morgan fingerprint density at radius 3 is 2.81 bits per heavy atom. The molecule has 0 spiro atoms. The van der Waals surface area contributed by atoms with Crippen molar-refractivity contribution >= 4 is 16.0 Å². The Morgan fingerprint density at radius 2 is 2.19 bits per heavy atom. The fourth-order valence-electron chi connectivity index (χ4n) is 2.12. The molecule has 1 fully saturated rings. The molecular formula is C13H16FNO5S. The quantitative estimate of drug-likeness (QED) is 0.861. The highest BCUT2D eigenvalue weighted by Crippen LogP contribution is 2.30. The van der Waals surface area contributed by atoms with E-state index in [4.69, 9.17) is 4.74 Å². The zero-order chi connectivity index (χ0) is 15.8. The summed E-state index contributed by atoms with van der Waals surface area (Å²) in [6, 6.07) is 2.76. The highest BCUT2D eigenvalue weighted by molar-refractivity contribution is 7.89. The predicted octanol–water partition coefficient (Wildman–Crippen LogP) is 0.902. The molecule has 2 rings (SSSR count). The molecule has 1 heterocycles. The van der Waals surface area contributed by atoms with E-state index in [0.29, 0.717) is 5.56 Å². The summed E-state index contributed by atoms with van der Waals surface area (Å²) in [5, 5.41) is 9.22. The van der Waals surface area contributed by atoms with Crippen molar-refractivity contribution in [2.45, 2.75) is 24.8 Å². The van der Waals surface area contributed by atoms with Crippen molar-refractivity contribution in [3.05, 3.63) is 29.6 Å². The topological polar surface area (TPSA) is 92.7 Å². The molecule has 0 aliphatic carbocycles. The molecule has 1 saturated heterocycles. The zero-order valence-corrected chi connectivity index (χ0v) is 12.4. The van der Waals surface area contributed by atoms with Gasteiger partial charge in [-0.2, -0.15) is 0 Å². The molecule has 1 aliphatic heterocycles. The van der Waals surface area contributed by atoms with Gasteiger partial charge in [-0.15, -0.1) is 0 Å². The van der Waals surface area contributed by atoms with E-state index in [-0.39, 0.29) is 13.2 Å². The number of nitrogens with one attached hydrogen (secondary N) is 1. The SMILES string of the molecule is Cc1ccc(F)c(S(=O)(=O)NC2COCC2(C)C(=O)O)c1. The van der Waals surface area contributed by atoms with Crippen molar-refractivity contribution in [3.8, 4) is 0 Å². The molecule has 6 nitrogen and oxygen atoms in total. The van der Waals surface area contributed by atoms with Crippen LogP contribution in [0.1, 0.15) is 12.5 Å². The zero-order valence-electron chi connectivity index (χ0n) is 11.6. The summed E-state index contributed by atoms with van der Waals surface area (Å²) >= 11 is 0. The van der Waals surface area contributed by atoms with Gasteiger partial charge in [0.2, 0.25) is 10.0 Å². The van der Waals surface area contributed by atoms with Crippen molar-refractivity contribution in [2.24, 2.45) is 5.41 Å². The first-order valence-corrected chi connectivity index (χ1v) is 7.75. The monoisotopic (exact) mass is 317 g/mol. The van der Waals surface area contributed by atoms with Crippen LogP contribution in [-0.4, -0.2) is 38.7 Å². The van der Waals surface area contributed by atoms with E-state index in [0.717, 1.165) is 6.07 Å². The highest BCUT2D eigenvalue weighted by Gasteiger charge is 2.48. The van der Waals surface area contributed by atoms with Crippen LogP contribution < -0.4 is 4.72 Å². The maximum Gasteiger partial charge on any atom is 0.313 e. The first-order valence-electron chi connectivity index (χ1n) is 6.26. The fraction of sp³-hybridized carbons (Fsp3) is 0.462. The molecule has 0 bridgehead atoms. The standard InChI is InChI=1S/C13H16FNO5S/c1-8-3-4-9(14)10(5-8)21(18,19)15-11-6-20-7-13(11,2)12(16)17/h3-5,11,15H,6-7H2,1-2H3,(H,16,17). The Labute approximate surface area is 122 Å². The maximum atomic E-state index is 13.7. The van der Waals surface area contributed by atoms with Gasteiger partial charge < -0.3 is 9.84 Å². The maximum absolute atomic E-state index is 13.7. The molecule has 21 heavy (non-hydrogen) atoms. The molecule has 0 radical (unpaired) electrons. The lowest BCUT2D eigenvalue weighted by Crippen LogP contribution is -2.49. The summed E-state index contributed by atoms with van der Waals surface area (Å²) in [6.45, 7) is 2.85. The van der Waals surface area contributed by atoms with E-state index in [1.54, 1.807) is 6.92 Å². The number of rotatable bonds is 4. The molecule has 2 unspecified atom stereocenters. The number of sulfonamides is 1. The number of carbonyl (C=O) groups is 1. The number of hydrogen-bond donors (Lipinski definition) is 2. The van der Waals surface area contributed by atoms with E-state index >= 15 is 0 Å². The third kappa shape index (κ3) is 2.92. The molecule has 1 aromatic rings. The minimum absolute atomic E-state index is 0.0739. The lowest BCUT2D eigenvalue weighted by Gasteiger charge is -2.25. The van der Waals surface area contributed by atoms with Crippen molar-refractivity contribution in [1.82, 2.24) is 4.72 Å². The van der Waals surface area contributed by atoms with E-state index in [1.807, 2.05) is 0 Å². The molecule has 116 valence electrons. The Morgan fingerprint density at radius 1 is 1.52 bits per heavy atom. The second-order valence-electron chi connectivity index (χ2n) is 5.35. The first-order chi connectivity index (χ1) is 9.67. The Hall–Kier alpha value is -1.51. The van der Waals surface area contributed by atoms with Crippen LogP contribution in [0.25, 0.3) is 0 Å². The highest BCUT2D eigenvalue weighted by atomic mass is 32.2. The van der Waals surface area contributed by atoms with E-state index < -0.39 is 38.2 Å². The Bertz CT molecular complexity index is 675. The predicted molar refractivity (Wildman–Crippen MR) is 71.8 cm³/mol. The van der Waals surface area contributed by atoms with Crippen molar-refractivity contribution in [2.75, 3.05) is 13.2 Å². The molecule has 1 aromatic carbocycles. The van der Waals surface area contributed by atoms with E-state index in [2.05, 4.69) is 4.72 Å². The third-order valence-electron chi connectivity index (χ3n) is 3.62. The summed E-state index contributed by atoms with van der Waals surface area (Å²) in [6.07, 6.45) is 0. The van der Waals surface area contributed by atoms with Crippen molar-refractivity contribution < 1.29 is 27.4 Å². The number of hydrogen-bond acceptors (Lipinski definition) is 4. The summed E-state index contributed by atoms with van der Waals surface area (Å²) in [7, 11) is -4.17. The van der Waals surface area contributed by atoms with Crippen LogP contribution in [0.3, 0.4) is 0 Å². The van der Waals surface area contributed by atoms with Gasteiger partial charge in [-0.25, -0.2) is 17.5 Å². The molecule has 2 atom stereocenters. The number of benzene rings is 1. The number of ether oxygens (including phenoxy) is 1. The average Bonchev–Trinajstić information content (AvgIpc) is 2.74. The second kappa shape index (κ2) is 5.36. The van der Waals surface area contributed by atoms with Gasteiger partial charge in [0, 0.05) is 0 Å². The summed E-state index contributed by atoms with van der Waals surface area (Å²) in [5.74, 6) is -2.05. The first kappa shape index (κ1) is 15.9. The van der Waals surface area contributed by atoms with Gasteiger partial charge in [0.25, 0.3) is 0 Å². The van der Waals surface area contributed by atoms with E-state index in [1.165, 1.54) is 19.1 Å². The van der Waals surface area contributed by atoms with Gasteiger partial charge in [0.1, 0.15) is 16.1 Å². The number of carboxylic acids is 1. The van der Waals surface area contributed by atoms with Crippen LogP contribution in [0, 0.1) is 18.2 Å². The lowest BCUT2D eigenvalue weighted by molar-refractivity contribution is -0.148. The van der Waals surface area contributed by atoms with Gasteiger partial charge >= 0.3 is 5.97 Å². The average molecular weight is 317 g/mol. The minimum atomic E-state index is -4.17. The van der Waals surface area contributed by atoms with Gasteiger partial charge in [0.15, 0.2) is 0 Å². The Kier molecular flexibility index (Phi) is 4.05. The van der Waals surface area contributed by atoms with Crippen molar-refractivity contribution in [3.63, 3.8) is 0 Å². The fourth-order valence-corrected chi connectivity index (χ4v) is 3.61. The smallest absolute Gasteiger partial charge is 0.313 e. The van der Waals surface area contributed by atoms with E-state index in [9.17, 15) is 22.7 Å². The molecule has 0 aromatic heterocycles. The molecule has 0 saturated carbocycles. The molecule has 2 N–H and O–H groups in total. The molecule has 0 amide bonds. The van der Waals surface area contributed by atoms with Crippen LogP contribution in [0.2, 0.25) is 0 Å². The molecule has 8 heteroatoms. The summed E-state index contributed by atoms with van der Waals surface area (Å²) < 4.78 is 45.6. The number of aliphatic carboxylic acids is 1. The summed E-state index contributed by atoms with van der Waals surface area (Å²) in [4.78, 5) is 10.8. The van der Waals surface area contributed by atoms with Crippen LogP contribution in [0.4, 0.5) is 4.39 Å². The molecule has 1 aliphatic rings.